The second-order valence-electron chi connectivity index (χ2n) is 8.11. The minimum Gasteiger partial charge on any atom is -0.355 e. The van der Waals surface area contributed by atoms with Crippen LogP contribution in [0.2, 0.25) is 0 Å². The zero-order chi connectivity index (χ0) is 21.3. The first-order chi connectivity index (χ1) is 14.3. The molecule has 0 saturated carbocycles. The largest absolute Gasteiger partial charge is 0.416 e. The van der Waals surface area contributed by atoms with Gasteiger partial charge in [0.1, 0.15) is 0 Å². The van der Waals surface area contributed by atoms with E-state index in [-0.39, 0.29) is 23.1 Å². The van der Waals surface area contributed by atoms with Crippen molar-refractivity contribution in [2.75, 3.05) is 20.1 Å². The van der Waals surface area contributed by atoms with Crippen molar-refractivity contribution in [3.63, 3.8) is 0 Å². The van der Waals surface area contributed by atoms with Crippen LogP contribution in [0.25, 0.3) is 0 Å². The molecule has 2 aromatic carbocycles. The number of piperidine rings is 1. The number of halogens is 3. The third-order valence-corrected chi connectivity index (χ3v) is 7.38. The molecule has 30 heavy (non-hydrogen) atoms. The lowest BCUT2D eigenvalue weighted by molar-refractivity contribution is -0.137. The molecule has 4 rings (SSSR count). The molecule has 1 N–H and O–H groups in total. The van der Waals surface area contributed by atoms with Gasteiger partial charge in [-0.3, -0.25) is 9.69 Å². The Hall–Kier alpha value is -1.99. The second kappa shape index (κ2) is 8.63. The van der Waals surface area contributed by atoms with Crippen molar-refractivity contribution in [2.24, 2.45) is 5.92 Å². The normalized spacial score (nSPS) is 24.5. The Morgan fingerprint density at radius 1 is 1.17 bits per heavy atom. The van der Waals surface area contributed by atoms with Crippen LogP contribution in [-0.4, -0.2) is 36.2 Å². The number of rotatable bonds is 4. The van der Waals surface area contributed by atoms with Crippen molar-refractivity contribution in [1.82, 2.24) is 10.2 Å². The summed E-state index contributed by atoms with van der Waals surface area (Å²) in [6.07, 6.45) is -1.65. The summed E-state index contributed by atoms with van der Waals surface area (Å²) in [5, 5.41) is 3.00. The fraction of sp³-hybridized carbons (Fsp3) is 0.435. The van der Waals surface area contributed by atoms with Crippen LogP contribution in [0.4, 0.5) is 13.2 Å². The van der Waals surface area contributed by atoms with Crippen LogP contribution in [0.1, 0.15) is 35.6 Å². The molecule has 1 amide bonds. The third-order valence-electron chi connectivity index (χ3n) is 6.06. The van der Waals surface area contributed by atoms with Gasteiger partial charge >= 0.3 is 6.18 Å². The molecule has 0 radical (unpaired) electrons. The molecule has 0 bridgehead atoms. The van der Waals surface area contributed by atoms with Gasteiger partial charge in [0.05, 0.1) is 10.8 Å². The maximum atomic E-state index is 12.9. The van der Waals surface area contributed by atoms with Gasteiger partial charge in [-0.1, -0.05) is 30.3 Å². The van der Waals surface area contributed by atoms with E-state index in [4.69, 9.17) is 0 Å². The highest BCUT2D eigenvalue weighted by Gasteiger charge is 2.34. The first kappa shape index (κ1) is 21.2. The predicted molar refractivity (Wildman–Crippen MR) is 112 cm³/mol. The summed E-state index contributed by atoms with van der Waals surface area (Å²) in [4.78, 5) is 16.1. The third kappa shape index (κ3) is 4.52. The summed E-state index contributed by atoms with van der Waals surface area (Å²) in [6.45, 7) is 1.42. The minimum atomic E-state index is -4.33. The zero-order valence-corrected chi connectivity index (χ0v) is 17.6. The number of hydrogen-bond donors (Lipinski definition) is 1. The van der Waals surface area contributed by atoms with Gasteiger partial charge in [0.25, 0.3) is 0 Å². The molecule has 2 aliphatic rings. The lowest BCUT2D eigenvalue weighted by Gasteiger charge is -2.40. The van der Waals surface area contributed by atoms with Gasteiger partial charge in [-0.25, -0.2) is 0 Å². The maximum Gasteiger partial charge on any atom is 0.416 e. The molecule has 3 unspecified atom stereocenters. The SMILES string of the molecule is CN1CCCC(CNC(=O)C2Cc3ccccc3S2)C1c1ccc(C(F)(F)F)cc1. The van der Waals surface area contributed by atoms with Gasteiger partial charge in [0.15, 0.2) is 0 Å². The number of benzene rings is 2. The Labute approximate surface area is 179 Å². The van der Waals surface area contributed by atoms with Crippen LogP contribution in [0.15, 0.2) is 53.4 Å². The Bertz CT molecular complexity index is 875. The topological polar surface area (TPSA) is 32.3 Å². The minimum absolute atomic E-state index is 0.00485. The lowest BCUT2D eigenvalue weighted by Crippen LogP contribution is -2.43. The molecule has 2 heterocycles. The number of amides is 1. The number of alkyl halides is 3. The lowest BCUT2D eigenvalue weighted by atomic mass is 9.84. The van der Waals surface area contributed by atoms with E-state index < -0.39 is 11.7 Å². The Kier molecular flexibility index (Phi) is 6.11. The fourth-order valence-electron chi connectivity index (χ4n) is 4.54. The number of nitrogens with one attached hydrogen (secondary N) is 1. The molecule has 1 fully saturated rings. The first-order valence-corrected chi connectivity index (χ1v) is 11.1. The number of nitrogens with zero attached hydrogens (tertiary/aromatic N) is 1. The van der Waals surface area contributed by atoms with E-state index in [9.17, 15) is 18.0 Å². The number of thioether (sulfide) groups is 1. The van der Waals surface area contributed by atoms with E-state index in [2.05, 4.69) is 16.3 Å². The van der Waals surface area contributed by atoms with Gasteiger partial charge in [-0.05, 0) is 68.1 Å². The smallest absolute Gasteiger partial charge is 0.355 e. The quantitative estimate of drug-likeness (QED) is 0.741. The van der Waals surface area contributed by atoms with Gasteiger partial charge in [-0.2, -0.15) is 13.2 Å². The van der Waals surface area contributed by atoms with Crippen LogP contribution in [0.3, 0.4) is 0 Å². The van der Waals surface area contributed by atoms with Crippen molar-refractivity contribution in [1.29, 1.82) is 0 Å². The van der Waals surface area contributed by atoms with Gasteiger partial charge < -0.3 is 5.32 Å². The average molecular weight is 435 g/mol. The van der Waals surface area contributed by atoms with E-state index in [0.717, 1.165) is 48.4 Å². The molecule has 3 nitrogen and oxygen atoms in total. The Morgan fingerprint density at radius 3 is 2.60 bits per heavy atom. The number of carbonyl (C=O) groups is 1. The summed E-state index contributed by atoms with van der Waals surface area (Å²) in [7, 11) is 2.00. The molecular weight excluding hydrogens is 409 g/mol. The predicted octanol–water partition coefficient (Wildman–Crippen LogP) is 4.92. The van der Waals surface area contributed by atoms with Crippen LogP contribution in [0, 0.1) is 5.92 Å². The Morgan fingerprint density at radius 2 is 1.90 bits per heavy atom. The van der Waals surface area contributed by atoms with E-state index in [1.807, 2.05) is 25.2 Å². The van der Waals surface area contributed by atoms with Crippen LogP contribution in [-0.2, 0) is 17.4 Å². The molecule has 160 valence electrons. The molecule has 7 heteroatoms. The standard InChI is InChI=1S/C23H25F3N2OS/c1-28-12-4-6-17(21(28)15-8-10-18(11-9-15)23(24,25)26)14-27-22(29)20-13-16-5-2-3-7-19(16)30-20/h2-3,5,7-11,17,20-21H,4,6,12-14H2,1H3,(H,27,29). The molecular formula is C23H25F3N2OS. The highest BCUT2D eigenvalue weighted by molar-refractivity contribution is 8.01. The van der Waals surface area contributed by atoms with Crippen molar-refractivity contribution in [3.8, 4) is 0 Å². The molecule has 0 aliphatic carbocycles. The monoisotopic (exact) mass is 434 g/mol. The summed E-state index contributed by atoms with van der Waals surface area (Å²) in [6, 6.07) is 13.5. The van der Waals surface area contributed by atoms with Gasteiger partial charge in [0.2, 0.25) is 5.91 Å². The molecule has 1 saturated heterocycles. The highest BCUT2D eigenvalue weighted by atomic mass is 32.2. The molecule has 2 aliphatic heterocycles. The van der Waals surface area contributed by atoms with E-state index in [0.29, 0.717) is 6.54 Å². The van der Waals surface area contributed by atoms with Crippen LogP contribution >= 0.6 is 11.8 Å². The highest BCUT2D eigenvalue weighted by Crippen LogP contribution is 2.38. The average Bonchev–Trinajstić information content (AvgIpc) is 3.16. The van der Waals surface area contributed by atoms with Crippen LogP contribution < -0.4 is 5.32 Å². The summed E-state index contributed by atoms with van der Waals surface area (Å²) >= 11 is 1.60. The van der Waals surface area contributed by atoms with Crippen LogP contribution in [0.5, 0.6) is 0 Å². The summed E-state index contributed by atoms with van der Waals surface area (Å²) in [5.41, 5.74) is 1.45. The van der Waals surface area contributed by atoms with Crippen molar-refractivity contribution >= 4 is 17.7 Å². The number of carbonyl (C=O) groups excluding carboxylic acids is 1. The number of fused-ring (bicyclic) bond motifs is 1. The molecule has 0 spiro atoms. The number of likely N-dealkylation sites (tertiary alicyclic amines) is 1. The van der Waals surface area contributed by atoms with Crippen molar-refractivity contribution in [2.45, 2.75) is 41.6 Å². The molecule has 2 aromatic rings. The van der Waals surface area contributed by atoms with Gasteiger partial charge in [0, 0.05) is 17.5 Å². The molecule has 0 aromatic heterocycles. The first-order valence-electron chi connectivity index (χ1n) is 10.2. The fourth-order valence-corrected chi connectivity index (χ4v) is 5.76. The summed E-state index contributed by atoms with van der Waals surface area (Å²) in [5.74, 6) is 0.203. The molecule has 3 atom stereocenters. The van der Waals surface area contributed by atoms with E-state index in [1.165, 1.54) is 5.56 Å². The maximum absolute atomic E-state index is 12.9. The Balaban J connectivity index is 1.41. The summed E-state index contributed by atoms with van der Waals surface area (Å²) < 4.78 is 38.7. The zero-order valence-electron chi connectivity index (χ0n) is 16.8. The number of hydrogen-bond acceptors (Lipinski definition) is 3. The second-order valence-corrected chi connectivity index (χ2v) is 9.36. The van der Waals surface area contributed by atoms with Crippen molar-refractivity contribution in [3.05, 3.63) is 65.2 Å². The van der Waals surface area contributed by atoms with Crippen molar-refractivity contribution < 1.29 is 18.0 Å². The van der Waals surface area contributed by atoms with E-state index in [1.54, 1.807) is 23.9 Å². The van der Waals surface area contributed by atoms with E-state index >= 15 is 0 Å². The van der Waals surface area contributed by atoms with Gasteiger partial charge in [-0.15, -0.1) is 11.8 Å².